The molecule has 0 saturated carbocycles. The molecule has 0 aliphatic carbocycles. The van der Waals surface area contributed by atoms with Crippen LogP contribution in [0.1, 0.15) is 44.1 Å². The molecule has 4 aromatic rings. The number of nitrogens with zero attached hydrogens (tertiary/aromatic N) is 1. The highest BCUT2D eigenvalue weighted by atomic mass is 32.2. The second-order valence-corrected chi connectivity index (χ2v) is 11.6. The van der Waals surface area contributed by atoms with Crippen LogP contribution in [0.2, 0.25) is 0 Å². The molecule has 9 heteroatoms. The molecular formula is C28H21FN2O4S2. The number of hydrogen-bond donors (Lipinski definition) is 1. The van der Waals surface area contributed by atoms with Gasteiger partial charge in [-0.3, -0.25) is 9.59 Å². The lowest BCUT2D eigenvalue weighted by molar-refractivity contribution is -0.118. The predicted octanol–water partition coefficient (Wildman–Crippen LogP) is 5.07. The van der Waals surface area contributed by atoms with Crippen LogP contribution in [0.4, 0.5) is 4.39 Å². The van der Waals surface area contributed by atoms with E-state index in [-0.39, 0.29) is 21.1 Å². The van der Waals surface area contributed by atoms with Gasteiger partial charge in [0.15, 0.2) is 9.84 Å². The standard InChI is InChI=1S/C28H21FN2O4S2/c1-2-37(34,35)22-11-9-18(10-12-22)25(28(31)33)24-15-23(19-6-3-5-17(13-19)16-30)27(36-24)26(32)20-7-4-8-21(29)14-20/h3-15,25H,2H2,1H3,(H2,31,33). The average molecular weight is 533 g/mol. The third kappa shape index (κ3) is 5.35. The van der Waals surface area contributed by atoms with Gasteiger partial charge in [0.05, 0.1) is 33.1 Å². The zero-order valence-corrected chi connectivity index (χ0v) is 21.3. The minimum Gasteiger partial charge on any atom is -0.369 e. The first-order chi connectivity index (χ1) is 17.6. The first-order valence-corrected chi connectivity index (χ1v) is 13.7. The number of amides is 1. The zero-order chi connectivity index (χ0) is 26.7. The van der Waals surface area contributed by atoms with Crippen LogP contribution in [0.25, 0.3) is 11.1 Å². The van der Waals surface area contributed by atoms with Crippen LogP contribution in [0.5, 0.6) is 0 Å². The first kappa shape index (κ1) is 25.9. The topological polar surface area (TPSA) is 118 Å². The van der Waals surface area contributed by atoms with Crippen molar-refractivity contribution >= 4 is 32.9 Å². The zero-order valence-electron chi connectivity index (χ0n) is 19.6. The Balaban J connectivity index is 1.87. The maximum absolute atomic E-state index is 13.9. The third-order valence-corrected chi connectivity index (χ3v) is 8.82. The number of nitriles is 1. The molecule has 3 aromatic carbocycles. The number of thiophene rings is 1. The summed E-state index contributed by atoms with van der Waals surface area (Å²) in [6.45, 7) is 1.54. The van der Waals surface area contributed by atoms with Gasteiger partial charge < -0.3 is 5.73 Å². The van der Waals surface area contributed by atoms with Crippen LogP contribution in [0, 0.1) is 17.1 Å². The summed E-state index contributed by atoms with van der Waals surface area (Å²) in [7, 11) is -3.43. The van der Waals surface area contributed by atoms with Crippen LogP contribution in [0.3, 0.4) is 0 Å². The molecule has 1 heterocycles. The monoisotopic (exact) mass is 532 g/mol. The summed E-state index contributed by atoms with van der Waals surface area (Å²) in [4.78, 5) is 26.9. The maximum Gasteiger partial charge on any atom is 0.230 e. The number of primary amides is 1. The van der Waals surface area contributed by atoms with Gasteiger partial charge in [0.25, 0.3) is 0 Å². The van der Waals surface area contributed by atoms with E-state index in [1.165, 1.54) is 42.5 Å². The summed E-state index contributed by atoms with van der Waals surface area (Å²) in [5, 5.41) is 9.35. The van der Waals surface area contributed by atoms with Gasteiger partial charge in [-0.25, -0.2) is 12.8 Å². The highest BCUT2D eigenvalue weighted by molar-refractivity contribution is 7.91. The number of benzene rings is 3. The molecule has 6 nitrogen and oxygen atoms in total. The lowest BCUT2D eigenvalue weighted by Crippen LogP contribution is -2.21. The smallest absolute Gasteiger partial charge is 0.230 e. The molecule has 0 spiro atoms. The Labute approximate surface area is 217 Å². The molecule has 0 aliphatic heterocycles. The molecule has 0 radical (unpaired) electrons. The molecule has 1 amide bonds. The SMILES string of the molecule is CCS(=O)(=O)c1ccc(C(C(N)=O)c2cc(-c3cccc(C#N)c3)c(C(=O)c3cccc(F)c3)s2)cc1. The second kappa shape index (κ2) is 10.5. The number of ketones is 1. The van der Waals surface area contributed by atoms with Gasteiger partial charge in [0.2, 0.25) is 11.7 Å². The second-order valence-electron chi connectivity index (χ2n) is 8.23. The molecule has 2 N–H and O–H groups in total. The molecule has 4 rings (SSSR count). The molecule has 0 fully saturated rings. The minimum absolute atomic E-state index is 0.0623. The van der Waals surface area contributed by atoms with E-state index in [0.29, 0.717) is 27.1 Å². The van der Waals surface area contributed by atoms with Gasteiger partial charge in [-0.1, -0.05) is 43.3 Å². The van der Waals surface area contributed by atoms with Crippen LogP contribution < -0.4 is 5.73 Å². The van der Waals surface area contributed by atoms with Gasteiger partial charge in [-0.05, 0) is 53.6 Å². The summed E-state index contributed by atoms with van der Waals surface area (Å²) in [6, 6.07) is 21.6. The molecule has 0 saturated heterocycles. The quantitative estimate of drug-likeness (QED) is 0.318. The Kier molecular flexibility index (Phi) is 7.34. The Morgan fingerprint density at radius 2 is 1.73 bits per heavy atom. The number of nitrogens with two attached hydrogens (primary N) is 1. The highest BCUT2D eigenvalue weighted by Gasteiger charge is 2.28. The van der Waals surface area contributed by atoms with Crippen LogP contribution in [0.15, 0.2) is 83.8 Å². The van der Waals surface area contributed by atoms with E-state index in [2.05, 4.69) is 6.07 Å². The summed E-state index contributed by atoms with van der Waals surface area (Å²) in [6.07, 6.45) is 0. The lowest BCUT2D eigenvalue weighted by atomic mass is 9.94. The molecule has 0 aliphatic rings. The van der Waals surface area contributed by atoms with Crippen molar-refractivity contribution in [1.29, 1.82) is 5.26 Å². The Morgan fingerprint density at radius 3 is 2.35 bits per heavy atom. The summed E-state index contributed by atoms with van der Waals surface area (Å²) < 4.78 is 38.3. The minimum atomic E-state index is -3.43. The van der Waals surface area contributed by atoms with E-state index < -0.39 is 33.3 Å². The Morgan fingerprint density at radius 1 is 1.03 bits per heavy atom. The van der Waals surface area contributed by atoms with Crippen molar-refractivity contribution in [3.8, 4) is 17.2 Å². The normalized spacial score (nSPS) is 12.0. The van der Waals surface area contributed by atoms with Crippen molar-refractivity contribution in [1.82, 2.24) is 0 Å². The van der Waals surface area contributed by atoms with Crippen LogP contribution in [-0.4, -0.2) is 25.9 Å². The maximum atomic E-state index is 13.9. The van der Waals surface area contributed by atoms with E-state index in [1.807, 2.05) is 0 Å². The Hall–Kier alpha value is -4.13. The van der Waals surface area contributed by atoms with Crippen molar-refractivity contribution in [3.05, 3.63) is 111 Å². The molecule has 37 heavy (non-hydrogen) atoms. The summed E-state index contributed by atoms with van der Waals surface area (Å²) in [5.74, 6) is -2.72. The average Bonchev–Trinajstić information content (AvgIpc) is 3.33. The summed E-state index contributed by atoms with van der Waals surface area (Å²) in [5.41, 5.74) is 7.81. The van der Waals surface area contributed by atoms with Crippen molar-refractivity contribution in [2.24, 2.45) is 5.73 Å². The molecular weight excluding hydrogens is 511 g/mol. The lowest BCUT2D eigenvalue weighted by Gasteiger charge is -2.13. The first-order valence-electron chi connectivity index (χ1n) is 11.2. The van der Waals surface area contributed by atoms with Crippen molar-refractivity contribution in [2.45, 2.75) is 17.7 Å². The molecule has 0 bridgehead atoms. The number of carbonyl (C=O) groups excluding carboxylic acids is 2. The van der Waals surface area contributed by atoms with Crippen molar-refractivity contribution in [2.75, 3.05) is 5.75 Å². The van der Waals surface area contributed by atoms with E-state index in [0.717, 1.165) is 17.4 Å². The van der Waals surface area contributed by atoms with Crippen LogP contribution >= 0.6 is 11.3 Å². The fourth-order valence-corrected chi connectivity index (χ4v) is 6.12. The van der Waals surface area contributed by atoms with Crippen molar-refractivity contribution in [3.63, 3.8) is 0 Å². The predicted molar refractivity (Wildman–Crippen MR) is 140 cm³/mol. The number of sulfone groups is 1. The van der Waals surface area contributed by atoms with E-state index >= 15 is 0 Å². The summed E-state index contributed by atoms with van der Waals surface area (Å²) >= 11 is 1.05. The van der Waals surface area contributed by atoms with Crippen molar-refractivity contribution < 1.29 is 22.4 Å². The number of rotatable bonds is 8. The Bertz CT molecular complexity index is 1650. The number of halogens is 1. The van der Waals surface area contributed by atoms with E-state index in [9.17, 15) is 27.7 Å². The molecule has 1 unspecified atom stereocenters. The fourth-order valence-electron chi connectivity index (χ4n) is 3.96. The number of hydrogen-bond acceptors (Lipinski definition) is 6. The molecule has 186 valence electrons. The van der Waals surface area contributed by atoms with Gasteiger partial charge in [0, 0.05) is 16.0 Å². The highest BCUT2D eigenvalue weighted by Crippen LogP contribution is 2.39. The van der Waals surface area contributed by atoms with Gasteiger partial charge >= 0.3 is 0 Å². The van der Waals surface area contributed by atoms with Gasteiger partial charge in [-0.2, -0.15) is 5.26 Å². The largest absolute Gasteiger partial charge is 0.369 e. The van der Waals surface area contributed by atoms with Gasteiger partial charge in [0.1, 0.15) is 5.82 Å². The van der Waals surface area contributed by atoms with E-state index in [4.69, 9.17) is 5.73 Å². The fraction of sp³-hybridized carbons (Fsp3) is 0.107. The third-order valence-electron chi connectivity index (χ3n) is 5.87. The number of carbonyl (C=O) groups is 2. The molecule has 1 atom stereocenters. The van der Waals surface area contributed by atoms with E-state index in [1.54, 1.807) is 37.3 Å². The molecule has 1 aromatic heterocycles. The van der Waals surface area contributed by atoms with Gasteiger partial charge in [-0.15, -0.1) is 11.3 Å². The van der Waals surface area contributed by atoms with Crippen LogP contribution in [-0.2, 0) is 14.6 Å².